The Morgan fingerprint density at radius 2 is 2.14 bits per heavy atom. The maximum absolute atomic E-state index is 6.19. The van der Waals surface area contributed by atoms with Gasteiger partial charge in [0.25, 0.3) is 0 Å². The standard InChI is InChI=1S/C13H20ClN5O2/c1-8(7-20-3)19-6-5-15-13(19)18-10-11(14)16-9(2)17-12(10)21-4/h8H,5-7H2,1-4H3,(H,15,18). The Kier molecular flexibility index (Phi) is 5.19. The van der Waals surface area contributed by atoms with E-state index < -0.39 is 0 Å². The zero-order valence-corrected chi connectivity index (χ0v) is 13.4. The Labute approximate surface area is 129 Å². The summed E-state index contributed by atoms with van der Waals surface area (Å²) in [6, 6.07) is 0.208. The van der Waals surface area contributed by atoms with Gasteiger partial charge in [0.1, 0.15) is 11.5 Å². The molecule has 1 unspecified atom stereocenters. The highest BCUT2D eigenvalue weighted by atomic mass is 35.5. The zero-order chi connectivity index (χ0) is 15.4. The number of methoxy groups -OCH3 is 2. The summed E-state index contributed by atoms with van der Waals surface area (Å²) >= 11 is 6.19. The second kappa shape index (κ2) is 6.91. The van der Waals surface area contributed by atoms with E-state index in [1.807, 2.05) is 0 Å². The smallest absolute Gasteiger partial charge is 0.242 e. The molecule has 0 aliphatic carbocycles. The Hall–Kier alpha value is -1.60. The van der Waals surface area contributed by atoms with Gasteiger partial charge in [-0.05, 0) is 13.8 Å². The summed E-state index contributed by atoms with van der Waals surface area (Å²) in [4.78, 5) is 15.0. The molecule has 1 aliphatic heterocycles. The summed E-state index contributed by atoms with van der Waals surface area (Å²) in [6.45, 7) is 6.02. The van der Waals surface area contributed by atoms with Crippen molar-refractivity contribution in [3.05, 3.63) is 11.0 Å². The lowest BCUT2D eigenvalue weighted by Gasteiger charge is -2.27. The highest BCUT2D eigenvalue weighted by Gasteiger charge is 2.24. The Balaban J connectivity index is 2.21. The van der Waals surface area contributed by atoms with Gasteiger partial charge in [-0.1, -0.05) is 11.6 Å². The minimum Gasteiger partial charge on any atom is -0.479 e. The van der Waals surface area contributed by atoms with Crippen LogP contribution in [0.5, 0.6) is 5.88 Å². The van der Waals surface area contributed by atoms with Crippen LogP contribution in [-0.2, 0) is 4.74 Å². The van der Waals surface area contributed by atoms with E-state index in [9.17, 15) is 0 Å². The molecule has 2 rings (SSSR count). The molecule has 0 spiro atoms. The third kappa shape index (κ3) is 3.54. The Bertz CT molecular complexity index is 538. The molecule has 1 aliphatic rings. The number of aliphatic imine (C=N–C) groups is 1. The van der Waals surface area contributed by atoms with E-state index in [0.29, 0.717) is 29.2 Å². The van der Waals surface area contributed by atoms with Crippen molar-refractivity contribution in [2.75, 3.05) is 39.2 Å². The van der Waals surface area contributed by atoms with Crippen LogP contribution in [0.25, 0.3) is 0 Å². The van der Waals surface area contributed by atoms with E-state index in [-0.39, 0.29) is 6.04 Å². The van der Waals surface area contributed by atoms with Crippen LogP contribution in [-0.4, -0.2) is 60.8 Å². The molecule has 0 bridgehead atoms. The van der Waals surface area contributed by atoms with E-state index in [2.05, 4.69) is 32.1 Å². The number of nitrogens with zero attached hydrogens (tertiary/aromatic N) is 4. The summed E-state index contributed by atoms with van der Waals surface area (Å²) in [6.07, 6.45) is 0. The predicted octanol–water partition coefficient (Wildman–Crippen LogP) is 1.57. The van der Waals surface area contributed by atoms with Crippen LogP contribution in [0.15, 0.2) is 4.99 Å². The number of aryl methyl sites for hydroxylation is 1. The molecule has 1 N–H and O–H groups in total. The molecule has 0 amide bonds. The lowest BCUT2D eigenvalue weighted by Crippen LogP contribution is -2.42. The highest BCUT2D eigenvalue weighted by Crippen LogP contribution is 2.29. The van der Waals surface area contributed by atoms with E-state index in [1.165, 1.54) is 0 Å². The first-order chi connectivity index (χ1) is 10.1. The maximum Gasteiger partial charge on any atom is 0.242 e. The van der Waals surface area contributed by atoms with Crippen molar-refractivity contribution >= 4 is 23.2 Å². The summed E-state index contributed by atoms with van der Waals surface area (Å²) < 4.78 is 10.5. The van der Waals surface area contributed by atoms with Gasteiger partial charge in [0.05, 0.1) is 26.3 Å². The average Bonchev–Trinajstić information content (AvgIpc) is 2.90. The van der Waals surface area contributed by atoms with E-state index >= 15 is 0 Å². The van der Waals surface area contributed by atoms with Gasteiger partial charge >= 0.3 is 0 Å². The normalized spacial score (nSPS) is 15.9. The first-order valence-corrected chi connectivity index (χ1v) is 7.09. The fourth-order valence-electron chi connectivity index (χ4n) is 2.21. The number of rotatable bonds is 5. The number of hydrogen-bond donors (Lipinski definition) is 1. The highest BCUT2D eigenvalue weighted by molar-refractivity contribution is 6.32. The fraction of sp³-hybridized carbons (Fsp3) is 0.615. The van der Waals surface area contributed by atoms with Gasteiger partial charge in [0, 0.05) is 13.7 Å². The number of nitrogens with one attached hydrogen (secondary N) is 1. The van der Waals surface area contributed by atoms with Crippen molar-refractivity contribution in [3.8, 4) is 5.88 Å². The molecule has 0 saturated heterocycles. The summed E-state index contributed by atoms with van der Waals surface area (Å²) in [7, 11) is 3.23. The van der Waals surface area contributed by atoms with Crippen LogP contribution in [0, 0.1) is 6.92 Å². The SMILES string of the molecule is COCC(C)N1CCN=C1Nc1c(Cl)nc(C)nc1OC. The molecule has 1 aromatic rings. The predicted molar refractivity (Wildman–Crippen MR) is 82.3 cm³/mol. The molecule has 2 heterocycles. The molecule has 0 fully saturated rings. The van der Waals surface area contributed by atoms with Crippen LogP contribution in [0.2, 0.25) is 5.15 Å². The zero-order valence-electron chi connectivity index (χ0n) is 12.7. The van der Waals surface area contributed by atoms with Gasteiger partial charge < -0.3 is 19.7 Å². The number of guanidine groups is 1. The topological polar surface area (TPSA) is 71.9 Å². The van der Waals surface area contributed by atoms with Crippen molar-refractivity contribution in [1.82, 2.24) is 14.9 Å². The minimum absolute atomic E-state index is 0.208. The van der Waals surface area contributed by atoms with Crippen LogP contribution >= 0.6 is 11.6 Å². The van der Waals surface area contributed by atoms with Crippen molar-refractivity contribution in [3.63, 3.8) is 0 Å². The minimum atomic E-state index is 0.208. The van der Waals surface area contributed by atoms with Crippen LogP contribution in [0.3, 0.4) is 0 Å². The summed E-state index contributed by atoms with van der Waals surface area (Å²) in [5.74, 6) is 1.69. The van der Waals surface area contributed by atoms with Crippen molar-refractivity contribution in [1.29, 1.82) is 0 Å². The average molecular weight is 314 g/mol. The lowest BCUT2D eigenvalue weighted by atomic mass is 10.3. The molecule has 0 radical (unpaired) electrons. The van der Waals surface area contributed by atoms with Crippen molar-refractivity contribution in [2.45, 2.75) is 19.9 Å². The molecule has 7 nitrogen and oxygen atoms in total. The van der Waals surface area contributed by atoms with E-state index in [0.717, 1.165) is 19.0 Å². The molecule has 0 saturated carbocycles. The first kappa shape index (κ1) is 15.8. The summed E-state index contributed by atoms with van der Waals surface area (Å²) in [5.41, 5.74) is 0.528. The number of anilines is 1. The summed E-state index contributed by atoms with van der Waals surface area (Å²) in [5, 5.41) is 3.50. The maximum atomic E-state index is 6.19. The van der Waals surface area contributed by atoms with E-state index in [4.69, 9.17) is 21.1 Å². The molecule has 1 aromatic heterocycles. The van der Waals surface area contributed by atoms with Gasteiger partial charge in [-0.2, -0.15) is 4.98 Å². The number of ether oxygens (including phenoxy) is 2. The third-order valence-electron chi connectivity index (χ3n) is 3.19. The first-order valence-electron chi connectivity index (χ1n) is 6.72. The van der Waals surface area contributed by atoms with Gasteiger partial charge in [-0.15, -0.1) is 0 Å². The third-order valence-corrected chi connectivity index (χ3v) is 3.46. The molecule has 116 valence electrons. The number of hydrogen-bond acceptors (Lipinski definition) is 7. The van der Waals surface area contributed by atoms with Crippen molar-refractivity contribution in [2.24, 2.45) is 4.99 Å². The molecule has 0 aromatic carbocycles. The largest absolute Gasteiger partial charge is 0.479 e. The molecule has 21 heavy (non-hydrogen) atoms. The van der Waals surface area contributed by atoms with Gasteiger partial charge in [-0.3, -0.25) is 4.99 Å². The fourth-order valence-corrected chi connectivity index (χ4v) is 2.46. The Morgan fingerprint density at radius 3 is 2.81 bits per heavy atom. The van der Waals surface area contributed by atoms with Gasteiger partial charge in [0.2, 0.25) is 5.88 Å². The van der Waals surface area contributed by atoms with E-state index in [1.54, 1.807) is 21.1 Å². The molecular weight excluding hydrogens is 294 g/mol. The van der Waals surface area contributed by atoms with Crippen LogP contribution in [0.4, 0.5) is 5.69 Å². The molecule has 1 atom stereocenters. The quantitative estimate of drug-likeness (QED) is 0.832. The molecular formula is C13H20ClN5O2. The number of halogens is 1. The monoisotopic (exact) mass is 313 g/mol. The lowest BCUT2D eigenvalue weighted by molar-refractivity contribution is 0.140. The van der Waals surface area contributed by atoms with Crippen molar-refractivity contribution < 1.29 is 9.47 Å². The number of aromatic nitrogens is 2. The second-order valence-electron chi connectivity index (χ2n) is 4.77. The van der Waals surface area contributed by atoms with Crippen LogP contribution < -0.4 is 10.1 Å². The Morgan fingerprint density at radius 1 is 1.38 bits per heavy atom. The molecule has 8 heteroatoms. The van der Waals surface area contributed by atoms with Gasteiger partial charge in [0.15, 0.2) is 11.1 Å². The van der Waals surface area contributed by atoms with Crippen LogP contribution in [0.1, 0.15) is 12.7 Å². The second-order valence-corrected chi connectivity index (χ2v) is 5.13. The van der Waals surface area contributed by atoms with Gasteiger partial charge in [-0.25, -0.2) is 4.98 Å².